The smallest absolute Gasteiger partial charge is 0.234 e. The zero-order valence-electron chi connectivity index (χ0n) is 8.99. The maximum Gasteiger partial charge on any atom is 0.234 e. The number of thioether (sulfide) groups is 1. The molecule has 1 aromatic rings. The zero-order chi connectivity index (χ0) is 11.5. The number of carbonyl (C=O) groups is 1. The van der Waals surface area contributed by atoms with Crippen molar-refractivity contribution in [3.8, 4) is 6.07 Å². The molecule has 3 nitrogen and oxygen atoms in total. The van der Waals surface area contributed by atoms with Crippen molar-refractivity contribution < 1.29 is 4.79 Å². The topological polar surface area (TPSA) is 52.9 Å². The van der Waals surface area contributed by atoms with Crippen molar-refractivity contribution in [1.82, 2.24) is 0 Å². The molecule has 0 aliphatic carbocycles. The van der Waals surface area contributed by atoms with Crippen LogP contribution >= 0.6 is 11.8 Å². The molecule has 82 valence electrons. The van der Waals surface area contributed by atoms with Crippen molar-refractivity contribution in [1.29, 1.82) is 5.26 Å². The second-order valence-corrected chi connectivity index (χ2v) is 4.70. The van der Waals surface area contributed by atoms with Gasteiger partial charge < -0.3 is 5.32 Å². The molecule has 0 bridgehead atoms. The lowest BCUT2D eigenvalue weighted by atomic mass is 9.98. The van der Waals surface area contributed by atoms with Gasteiger partial charge in [0.1, 0.15) is 0 Å². The van der Waals surface area contributed by atoms with Crippen LogP contribution in [0.1, 0.15) is 24.8 Å². The van der Waals surface area contributed by atoms with E-state index in [-0.39, 0.29) is 11.8 Å². The summed E-state index contributed by atoms with van der Waals surface area (Å²) in [5.41, 5.74) is 1.89. The first-order valence-electron chi connectivity index (χ1n) is 5.20. The van der Waals surface area contributed by atoms with Gasteiger partial charge in [-0.05, 0) is 24.1 Å². The van der Waals surface area contributed by atoms with Crippen LogP contribution in [0.15, 0.2) is 23.1 Å². The number of carbonyl (C=O) groups excluding carboxylic acids is 1. The van der Waals surface area contributed by atoms with Gasteiger partial charge in [0.05, 0.1) is 23.4 Å². The minimum Gasteiger partial charge on any atom is -0.324 e. The van der Waals surface area contributed by atoms with Crippen LogP contribution in [0.5, 0.6) is 0 Å². The fourth-order valence-corrected chi connectivity index (χ4v) is 2.56. The Morgan fingerprint density at radius 3 is 3.12 bits per heavy atom. The molecule has 1 atom stereocenters. The molecule has 0 saturated heterocycles. The van der Waals surface area contributed by atoms with E-state index >= 15 is 0 Å². The van der Waals surface area contributed by atoms with Gasteiger partial charge in [0.15, 0.2) is 0 Å². The first-order valence-corrected chi connectivity index (χ1v) is 6.19. The second kappa shape index (κ2) is 4.58. The second-order valence-electron chi connectivity index (χ2n) is 3.68. The first-order chi connectivity index (χ1) is 7.74. The summed E-state index contributed by atoms with van der Waals surface area (Å²) in [6.45, 7) is 2.00. The largest absolute Gasteiger partial charge is 0.324 e. The summed E-state index contributed by atoms with van der Waals surface area (Å²) in [6.07, 6.45) is 0.812. The highest BCUT2D eigenvalue weighted by Gasteiger charge is 2.17. The lowest BCUT2D eigenvalue weighted by Crippen LogP contribution is -2.18. The van der Waals surface area contributed by atoms with Crippen molar-refractivity contribution in [3.63, 3.8) is 0 Å². The lowest BCUT2D eigenvalue weighted by Gasteiger charge is -2.18. The molecule has 1 aliphatic rings. The molecule has 1 aliphatic heterocycles. The maximum absolute atomic E-state index is 11.2. The van der Waals surface area contributed by atoms with Crippen molar-refractivity contribution >= 4 is 23.4 Å². The Morgan fingerprint density at radius 2 is 2.44 bits per heavy atom. The van der Waals surface area contributed by atoms with Gasteiger partial charge in [0.25, 0.3) is 0 Å². The SMILES string of the molecule is CCC(C#N)c1ccc2c(c1)SCC(=O)N2. The average Bonchev–Trinajstić information content (AvgIpc) is 2.31. The Balaban J connectivity index is 2.33. The predicted octanol–water partition coefficient (Wildman–Crippen LogP) is 2.75. The van der Waals surface area contributed by atoms with Gasteiger partial charge in [-0.25, -0.2) is 0 Å². The molecule has 0 saturated carbocycles. The van der Waals surface area contributed by atoms with E-state index in [0.717, 1.165) is 22.6 Å². The van der Waals surface area contributed by atoms with Gasteiger partial charge in [0, 0.05) is 4.90 Å². The fraction of sp³-hybridized carbons (Fsp3) is 0.333. The number of hydrogen-bond acceptors (Lipinski definition) is 3. The molecule has 16 heavy (non-hydrogen) atoms. The van der Waals surface area contributed by atoms with Gasteiger partial charge in [-0.1, -0.05) is 13.0 Å². The molecule has 1 amide bonds. The molecule has 1 aromatic carbocycles. The van der Waals surface area contributed by atoms with Crippen molar-refractivity contribution in [3.05, 3.63) is 23.8 Å². The zero-order valence-corrected chi connectivity index (χ0v) is 9.80. The Morgan fingerprint density at radius 1 is 1.62 bits per heavy atom. The number of rotatable bonds is 2. The molecular formula is C12H12N2OS. The van der Waals surface area contributed by atoms with Crippen LogP contribution in [-0.4, -0.2) is 11.7 Å². The quantitative estimate of drug-likeness (QED) is 0.853. The van der Waals surface area contributed by atoms with E-state index in [1.807, 2.05) is 25.1 Å². The molecule has 1 unspecified atom stereocenters. The Kier molecular flexibility index (Phi) is 3.16. The molecule has 0 radical (unpaired) electrons. The molecule has 4 heteroatoms. The highest BCUT2D eigenvalue weighted by atomic mass is 32.2. The minimum atomic E-state index is -0.0523. The van der Waals surface area contributed by atoms with E-state index in [0.29, 0.717) is 5.75 Å². The summed E-state index contributed by atoms with van der Waals surface area (Å²) < 4.78 is 0. The Hall–Kier alpha value is -1.47. The third-order valence-corrected chi connectivity index (χ3v) is 3.66. The van der Waals surface area contributed by atoms with Crippen LogP contribution in [0.25, 0.3) is 0 Å². The lowest BCUT2D eigenvalue weighted by molar-refractivity contribution is -0.113. The number of anilines is 1. The van der Waals surface area contributed by atoms with Gasteiger partial charge in [-0.15, -0.1) is 11.8 Å². The summed E-state index contributed by atoms with van der Waals surface area (Å²) in [5, 5.41) is 11.8. The fourth-order valence-electron chi connectivity index (χ4n) is 1.71. The van der Waals surface area contributed by atoms with Crippen molar-refractivity contribution in [2.24, 2.45) is 0 Å². The minimum absolute atomic E-state index is 0.0394. The summed E-state index contributed by atoms with van der Waals surface area (Å²) in [7, 11) is 0. The van der Waals surface area contributed by atoms with E-state index in [1.54, 1.807) is 0 Å². The van der Waals surface area contributed by atoms with E-state index in [2.05, 4.69) is 11.4 Å². The normalized spacial score (nSPS) is 15.9. The van der Waals surface area contributed by atoms with Crippen LogP contribution in [-0.2, 0) is 4.79 Å². The van der Waals surface area contributed by atoms with Crippen LogP contribution in [0.3, 0.4) is 0 Å². The maximum atomic E-state index is 11.2. The third kappa shape index (κ3) is 2.05. The third-order valence-electron chi connectivity index (χ3n) is 2.60. The number of amides is 1. The number of hydrogen-bond donors (Lipinski definition) is 1. The molecule has 0 fully saturated rings. The Bertz CT molecular complexity index is 465. The summed E-state index contributed by atoms with van der Waals surface area (Å²) in [6, 6.07) is 8.10. The van der Waals surface area contributed by atoms with Gasteiger partial charge in [0.2, 0.25) is 5.91 Å². The molecule has 2 rings (SSSR count). The summed E-state index contributed by atoms with van der Waals surface area (Å²) in [4.78, 5) is 12.2. The number of nitrogens with one attached hydrogen (secondary N) is 1. The highest BCUT2D eigenvalue weighted by Crippen LogP contribution is 2.34. The van der Waals surface area contributed by atoms with Crippen LogP contribution in [0.4, 0.5) is 5.69 Å². The predicted molar refractivity (Wildman–Crippen MR) is 64.4 cm³/mol. The van der Waals surface area contributed by atoms with Crippen LogP contribution < -0.4 is 5.32 Å². The molecule has 0 spiro atoms. The van der Waals surface area contributed by atoms with Gasteiger partial charge in [-0.3, -0.25) is 4.79 Å². The molecule has 1 N–H and O–H groups in total. The van der Waals surface area contributed by atoms with E-state index < -0.39 is 0 Å². The van der Waals surface area contributed by atoms with E-state index in [1.165, 1.54) is 11.8 Å². The van der Waals surface area contributed by atoms with Crippen molar-refractivity contribution in [2.75, 3.05) is 11.1 Å². The van der Waals surface area contributed by atoms with E-state index in [4.69, 9.17) is 5.26 Å². The molecular weight excluding hydrogens is 220 g/mol. The molecule has 1 heterocycles. The van der Waals surface area contributed by atoms with Crippen molar-refractivity contribution in [2.45, 2.75) is 24.2 Å². The van der Waals surface area contributed by atoms with E-state index in [9.17, 15) is 4.79 Å². The number of fused-ring (bicyclic) bond motifs is 1. The van der Waals surface area contributed by atoms with Crippen LogP contribution in [0, 0.1) is 11.3 Å². The monoisotopic (exact) mass is 232 g/mol. The number of nitrogens with zero attached hydrogens (tertiary/aromatic N) is 1. The average molecular weight is 232 g/mol. The standard InChI is InChI=1S/C12H12N2OS/c1-2-8(6-13)9-3-4-10-11(5-9)16-7-12(15)14-10/h3-5,8H,2,7H2,1H3,(H,14,15). The first kappa shape index (κ1) is 11.0. The van der Waals surface area contributed by atoms with Gasteiger partial charge in [-0.2, -0.15) is 5.26 Å². The number of benzene rings is 1. The highest BCUT2D eigenvalue weighted by molar-refractivity contribution is 8.00. The number of nitriles is 1. The summed E-state index contributed by atoms with van der Waals surface area (Å²) >= 11 is 1.53. The Labute approximate surface area is 98.8 Å². The summed E-state index contributed by atoms with van der Waals surface area (Å²) in [5.74, 6) is 0.445. The molecule has 0 aromatic heterocycles. The van der Waals surface area contributed by atoms with Crippen LogP contribution in [0.2, 0.25) is 0 Å². The van der Waals surface area contributed by atoms with Gasteiger partial charge >= 0.3 is 0 Å².